The molecule has 124 valence electrons. The standard InChI is InChI=1S/C22H19NO2/c1-15(16-5-3-2-4-6-16)11-21(24)17-7-8-19-18(12-17)14-25-22-13-23-10-9-20(19)22/h2-10,12-13,15H,11,14H2,1H3/t15-/m0/s1. The average Bonchev–Trinajstić information content (AvgIpc) is 2.68. The van der Waals surface area contributed by atoms with Gasteiger partial charge in [-0.2, -0.15) is 0 Å². The summed E-state index contributed by atoms with van der Waals surface area (Å²) in [5.41, 5.74) is 5.15. The van der Waals surface area contributed by atoms with Crippen molar-refractivity contribution >= 4 is 5.78 Å². The second-order valence-electron chi connectivity index (χ2n) is 6.47. The van der Waals surface area contributed by atoms with Gasteiger partial charge in [-0.15, -0.1) is 0 Å². The van der Waals surface area contributed by atoms with Crippen LogP contribution in [0.2, 0.25) is 0 Å². The molecule has 0 amide bonds. The number of hydrogen-bond donors (Lipinski definition) is 0. The Morgan fingerprint density at radius 2 is 1.96 bits per heavy atom. The number of rotatable bonds is 4. The number of ether oxygens (including phenoxy) is 1. The van der Waals surface area contributed by atoms with Gasteiger partial charge in [0.2, 0.25) is 0 Å². The van der Waals surface area contributed by atoms with E-state index in [1.54, 1.807) is 12.4 Å². The molecular weight excluding hydrogens is 310 g/mol. The van der Waals surface area contributed by atoms with E-state index in [4.69, 9.17) is 4.74 Å². The monoisotopic (exact) mass is 329 g/mol. The SMILES string of the molecule is C[C@@H](CC(=O)c1ccc2c(c1)COc1cnccc1-2)c1ccccc1. The number of benzene rings is 2. The predicted molar refractivity (Wildman–Crippen MR) is 97.8 cm³/mol. The van der Waals surface area contributed by atoms with Gasteiger partial charge < -0.3 is 4.74 Å². The zero-order valence-electron chi connectivity index (χ0n) is 14.1. The van der Waals surface area contributed by atoms with Crippen molar-refractivity contribution in [2.24, 2.45) is 0 Å². The van der Waals surface area contributed by atoms with E-state index in [9.17, 15) is 4.79 Å². The zero-order chi connectivity index (χ0) is 17.2. The molecule has 1 aliphatic heterocycles. The Balaban J connectivity index is 1.57. The number of fused-ring (bicyclic) bond motifs is 3. The third kappa shape index (κ3) is 3.05. The van der Waals surface area contributed by atoms with E-state index >= 15 is 0 Å². The quantitative estimate of drug-likeness (QED) is 0.631. The molecule has 1 aromatic heterocycles. The first-order valence-electron chi connectivity index (χ1n) is 8.50. The van der Waals surface area contributed by atoms with Crippen molar-refractivity contribution in [3.8, 4) is 16.9 Å². The highest BCUT2D eigenvalue weighted by Crippen LogP contribution is 2.37. The van der Waals surface area contributed by atoms with Crippen LogP contribution in [-0.2, 0) is 6.61 Å². The number of carbonyl (C=O) groups is 1. The van der Waals surface area contributed by atoms with Gasteiger partial charge in [-0.3, -0.25) is 9.78 Å². The highest BCUT2D eigenvalue weighted by molar-refractivity contribution is 5.97. The summed E-state index contributed by atoms with van der Waals surface area (Å²) < 4.78 is 5.76. The topological polar surface area (TPSA) is 39.2 Å². The Labute approximate surface area is 147 Å². The van der Waals surface area contributed by atoms with Crippen molar-refractivity contribution in [3.63, 3.8) is 0 Å². The van der Waals surface area contributed by atoms with Crippen LogP contribution in [0.15, 0.2) is 67.0 Å². The van der Waals surface area contributed by atoms with Crippen molar-refractivity contribution in [3.05, 3.63) is 83.7 Å². The molecule has 0 radical (unpaired) electrons. The lowest BCUT2D eigenvalue weighted by Crippen LogP contribution is -2.09. The van der Waals surface area contributed by atoms with E-state index in [1.807, 2.05) is 42.5 Å². The number of aromatic nitrogens is 1. The first-order chi connectivity index (χ1) is 12.2. The minimum absolute atomic E-state index is 0.166. The molecule has 25 heavy (non-hydrogen) atoms. The summed E-state index contributed by atoms with van der Waals surface area (Å²) in [5, 5.41) is 0. The number of ketones is 1. The molecule has 0 fully saturated rings. The van der Waals surface area contributed by atoms with Crippen molar-refractivity contribution in [1.29, 1.82) is 0 Å². The molecule has 0 bridgehead atoms. The Morgan fingerprint density at radius 3 is 2.80 bits per heavy atom. The van der Waals surface area contributed by atoms with E-state index < -0.39 is 0 Å². The number of nitrogens with zero attached hydrogens (tertiary/aromatic N) is 1. The van der Waals surface area contributed by atoms with E-state index in [1.165, 1.54) is 5.56 Å². The molecule has 1 aliphatic rings. The van der Waals surface area contributed by atoms with Gasteiger partial charge in [0, 0.05) is 23.7 Å². The Bertz CT molecular complexity index is 918. The van der Waals surface area contributed by atoms with Crippen LogP contribution in [0.25, 0.3) is 11.1 Å². The van der Waals surface area contributed by atoms with Gasteiger partial charge in [0.15, 0.2) is 5.78 Å². The van der Waals surface area contributed by atoms with Gasteiger partial charge in [-0.25, -0.2) is 0 Å². The van der Waals surface area contributed by atoms with Crippen LogP contribution in [0.5, 0.6) is 5.75 Å². The van der Waals surface area contributed by atoms with Gasteiger partial charge >= 0.3 is 0 Å². The van der Waals surface area contributed by atoms with E-state index in [0.29, 0.717) is 13.0 Å². The third-order valence-corrected chi connectivity index (χ3v) is 4.75. The normalized spacial score (nSPS) is 13.3. The molecule has 3 heteroatoms. The first kappa shape index (κ1) is 15.6. The molecule has 0 unspecified atom stereocenters. The summed E-state index contributed by atoms with van der Waals surface area (Å²) >= 11 is 0. The maximum absolute atomic E-state index is 12.7. The highest BCUT2D eigenvalue weighted by atomic mass is 16.5. The van der Waals surface area contributed by atoms with E-state index in [-0.39, 0.29) is 11.7 Å². The number of hydrogen-bond acceptors (Lipinski definition) is 3. The van der Waals surface area contributed by atoms with Gasteiger partial charge in [0.05, 0.1) is 6.20 Å². The van der Waals surface area contributed by atoms with Crippen molar-refractivity contribution in [2.45, 2.75) is 25.9 Å². The fourth-order valence-corrected chi connectivity index (χ4v) is 3.32. The molecule has 3 nitrogen and oxygen atoms in total. The summed E-state index contributed by atoms with van der Waals surface area (Å²) in [6, 6.07) is 18.0. The summed E-state index contributed by atoms with van der Waals surface area (Å²) in [4.78, 5) is 16.8. The number of pyridine rings is 1. The lowest BCUT2D eigenvalue weighted by Gasteiger charge is -2.21. The van der Waals surface area contributed by atoms with Gasteiger partial charge in [-0.1, -0.05) is 49.4 Å². The lowest BCUT2D eigenvalue weighted by atomic mass is 9.90. The van der Waals surface area contributed by atoms with E-state index in [0.717, 1.165) is 28.0 Å². The summed E-state index contributed by atoms with van der Waals surface area (Å²) in [6.07, 6.45) is 4.00. The van der Waals surface area contributed by atoms with Crippen LogP contribution in [0.4, 0.5) is 0 Å². The molecule has 2 heterocycles. The Morgan fingerprint density at radius 1 is 1.12 bits per heavy atom. The molecule has 0 N–H and O–H groups in total. The third-order valence-electron chi connectivity index (χ3n) is 4.75. The molecule has 4 rings (SSSR count). The average molecular weight is 329 g/mol. The summed E-state index contributed by atoms with van der Waals surface area (Å²) in [7, 11) is 0. The summed E-state index contributed by atoms with van der Waals surface area (Å²) in [5.74, 6) is 1.17. The molecule has 2 aromatic carbocycles. The van der Waals surface area contributed by atoms with Crippen LogP contribution in [-0.4, -0.2) is 10.8 Å². The van der Waals surface area contributed by atoms with Gasteiger partial charge in [0.1, 0.15) is 12.4 Å². The molecule has 3 aromatic rings. The lowest BCUT2D eigenvalue weighted by molar-refractivity contribution is 0.0975. The minimum atomic E-state index is 0.166. The molecule has 0 saturated heterocycles. The second kappa shape index (κ2) is 6.52. The smallest absolute Gasteiger partial charge is 0.163 e. The highest BCUT2D eigenvalue weighted by Gasteiger charge is 2.19. The maximum Gasteiger partial charge on any atom is 0.163 e. The van der Waals surface area contributed by atoms with E-state index in [2.05, 4.69) is 24.0 Å². The van der Waals surface area contributed by atoms with Crippen LogP contribution in [0.3, 0.4) is 0 Å². The predicted octanol–water partition coefficient (Wildman–Crippen LogP) is 5.02. The van der Waals surface area contributed by atoms with Crippen LogP contribution < -0.4 is 4.74 Å². The second-order valence-corrected chi connectivity index (χ2v) is 6.47. The van der Waals surface area contributed by atoms with Crippen LogP contribution in [0, 0.1) is 0 Å². The number of Topliss-reactive ketones (excluding diaryl/α,β-unsaturated/α-hetero) is 1. The van der Waals surface area contributed by atoms with Crippen LogP contribution >= 0.6 is 0 Å². The minimum Gasteiger partial charge on any atom is -0.487 e. The molecule has 0 aliphatic carbocycles. The Hall–Kier alpha value is -2.94. The maximum atomic E-state index is 12.7. The Kier molecular flexibility index (Phi) is 4.06. The van der Waals surface area contributed by atoms with Gasteiger partial charge in [-0.05, 0) is 34.7 Å². The fraction of sp³-hybridized carbons (Fsp3) is 0.182. The van der Waals surface area contributed by atoms with Crippen LogP contribution in [0.1, 0.15) is 40.7 Å². The summed E-state index contributed by atoms with van der Waals surface area (Å²) in [6.45, 7) is 2.57. The molecular formula is C22H19NO2. The molecule has 0 spiro atoms. The van der Waals surface area contributed by atoms with Crippen molar-refractivity contribution in [2.75, 3.05) is 0 Å². The molecule has 1 atom stereocenters. The zero-order valence-corrected chi connectivity index (χ0v) is 14.1. The molecule has 0 saturated carbocycles. The van der Waals surface area contributed by atoms with Crippen molar-refractivity contribution < 1.29 is 9.53 Å². The fourth-order valence-electron chi connectivity index (χ4n) is 3.32. The van der Waals surface area contributed by atoms with Gasteiger partial charge in [0.25, 0.3) is 0 Å². The van der Waals surface area contributed by atoms with Crippen molar-refractivity contribution in [1.82, 2.24) is 4.98 Å². The largest absolute Gasteiger partial charge is 0.487 e. The first-order valence-corrected chi connectivity index (χ1v) is 8.50. The number of carbonyl (C=O) groups excluding carboxylic acids is 1.